The lowest BCUT2D eigenvalue weighted by Crippen LogP contribution is -2.55. The number of hydrogen-bond donors (Lipinski definition) is 1. The van der Waals surface area contributed by atoms with Crippen molar-refractivity contribution in [3.63, 3.8) is 0 Å². The van der Waals surface area contributed by atoms with Crippen LogP contribution in [0.25, 0.3) is 11.1 Å². The van der Waals surface area contributed by atoms with Gasteiger partial charge in [0.2, 0.25) is 0 Å². The number of benzene rings is 1. The monoisotopic (exact) mass is 332 g/mol. The minimum atomic E-state index is 0.0928. The summed E-state index contributed by atoms with van der Waals surface area (Å²) in [6.07, 6.45) is 10.4. The zero-order chi connectivity index (χ0) is 16.8. The summed E-state index contributed by atoms with van der Waals surface area (Å²) in [7, 11) is 0. The summed E-state index contributed by atoms with van der Waals surface area (Å²) in [4.78, 5) is 16.9. The average Bonchev–Trinajstić information content (AvgIpc) is 2.65. The Hall–Kier alpha value is -2.16. The van der Waals surface area contributed by atoms with E-state index in [1.807, 2.05) is 42.6 Å². The Labute approximate surface area is 148 Å². The first-order valence-electron chi connectivity index (χ1n) is 9.57. The van der Waals surface area contributed by atoms with Crippen molar-refractivity contribution in [1.29, 1.82) is 0 Å². The van der Waals surface area contributed by atoms with E-state index in [0.29, 0.717) is 6.04 Å². The van der Waals surface area contributed by atoms with E-state index in [0.717, 1.165) is 40.4 Å². The van der Waals surface area contributed by atoms with Crippen molar-refractivity contribution in [3.05, 3.63) is 54.4 Å². The summed E-state index contributed by atoms with van der Waals surface area (Å²) >= 11 is 0. The van der Waals surface area contributed by atoms with Crippen molar-refractivity contribution in [1.82, 2.24) is 10.3 Å². The number of carbonyl (C=O) groups excluding carboxylic acids is 1. The van der Waals surface area contributed by atoms with Gasteiger partial charge in [0.15, 0.2) is 0 Å². The van der Waals surface area contributed by atoms with Crippen LogP contribution in [0.3, 0.4) is 0 Å². The first-order valence-corrected chi connectivity index (χ1v) is 9.57. The molecule has 0 saturated heterocycles. The molecule has 4 saturated carbocycles. The molecule has 1 heterocycles. The highest BCUT2D eigenvalue weighted by molar-refractivity contribution is 5.95. The molecular weight excluding hydrogens is 308 g/mol. The second kappa shape index (κ2) is 5.98. The van der Waals surface area contributed by atoms with Crippen LogP contribution in [0.1, 0.15) is 42.5 Å². The number of nitrogens with one attached hydrogen (secondary N) is 1. The van der Waals surface area contributed by atoms with Crippen molar-refractivity contribution in [2.75, 3.05) is 0 Å². The Morgan fingerprint density at radius 1 is 0.880 bits per heavy atom. The third-order valence-electron chi connectivity index (χ3n) is 6.67. The zero-order valence-electron chi connectivity index (χ0n) is 14.4. The summed E-state index contributed by atoms with van der Waals surface area (Å²) in [6.45, 7) is 0. The lowest BCUT2D eigenvalue weighted by Gasteiger charge is -2.54. The molecule has 0 atom stereocenters. The van der Waals surface area contributed by atoms with E-state index in [-0.39, 0.29) is 5.91 Å². The summed E-state index contributed by atoms with van der Waals surface area (Å²) in [6, 6.07) is 12.3. The van der Waals surface area contributed by atoms with Crippen LogP contribution in [-0.2, 0) is 0 Å². The number of amides is 1. The zero-order valence-corrected chi connectivity index (χ0v) is 14.4. The first kappa shape index (κ1) is 15.1. The molecule has 0 spiro atoms. The fraction of sp³-hybridized carbons (Fsp3) is 0.455. The van der Waals surface area contributed by atoms with Gasteiger partial charge in [-0.1, -0.05) is 18.2 Å². The SMILES string of the molecule is O=C(NC1[C@H]2C[C@@H]3C[C@@H](C[C@H]1C3)C2)c1ccc(-c2cccnc2)cc1. The van der Waals surface area contributed by atoms with E-state index in [1.165, 1.54) is 32.1 Å². The molecule has 1 aromatic heterocycles. The van der Waals surface area contributed by atoms with E-state index in [9.17, 15) is 4.79 Å². The van der Waals surface area contributed by atoms with E-state index in [4.69, 9.17) is 0 Å². The first-order chi connectivity index (χ1) is 12.3. The molecule has 2 aromatic rings. The third-order valence-corrected chi connectivity index (χ3v) is 6.67. The Balaban J connectivity index is 1.30. The second-order valence-corrected chi connectivity index (χ2v) is 8.25. The number of pyridine rings is 1. The maximum absolute atomic E-state index is 12.8. The highest BCUT2D eigenvalue weighted by atomic mass is 16.1. The largest absolute Gasteiger partial charge is 0.349 e. The van der Waals surface area contributed by atoms with Crippen LogP contribution >= 0.6 is 0 Å². The molecule has 1 N–H and O–H groups in total. The molecular formula is C22H24N2O. The van der Waals surface area contributed by atoms with E-state index >= 15 is 0 Å². The van der Waals surface area contributed by atoms with Crippen LogP contribution in [0.4, 0.5) is 0 Å². The van der Waals surface area contributed by atoms with Gasteiger partial charge in [-0.3, -0.25) is 9.78 Å². The average molecular weight is 332 g/mol. The molecule has 4 aliphatic rings. The van der Waals surface area contributed by atoms with Crippen LogP contribution in [0.15, 0.2) is 48.8 Å². The van der Waals surface area contributed by atoms with Gasteiger partial charge in [0.1, 0.15) is 0 Å². The quantitative estimate of drug-likeness (QED) is 0.910. The molecule has 25 heavy (non-hydrogen) atoms. The number of carbonyl (C=O) groups is 1. The topological polar surface area (TPSA) is 42.0 Å². The molecule has 0 unspecified atom stereocenters. The lowest BCUT2D eigenvalue weighted by molar-refractivity contribution is -0.0119. The summed E-state index contributed by atoms with van der Waals surface area (Å²) in [5.41, 5.74) is 2.94. The summed E-state index contributed by atoms with van der Waals surface area (Å²) in [5, 5.41) is 3.39. The van der Waals surface area contributed by atoms with Crippen LogP contribution < -0.4 is 5.32 Å². The van der Waals surface area contributed by atoms with Gasteiger partial charge >= 0.3 is 0 Å². The molecule has 4 aliphatic carbocycles. The van der Waals surface area contributed by atoms with Crippen LogP contribution in [0.5, 0.6) is 0 Å². The van der Waals surface area contributed by atoms with E-state index < -0.39 is 0 Å². The Bertz CT molecular complexity index is 740. The van der Waals surface area contributed by atoms with Crippen LogP contribution in [0.2, 0.25) is 0 Å². The molecule has 0 radical (unpaired) electrons. The fourth-order valence-electron chi connectivity index (χ4n) is 5.74. The van der Waals surface area contributed by atoms with Gasteiger partial charge in [0, 0.05) is 24.0 Å². The number of nitrogens with zero attached hydrogens (tertiary/aromatic N) is 1. The van der Waals surface area contributed by atoms with Crippen LogP contribution in [-0.4, -0.2) is 16.9 Å². The number of hydrogen-bond acceptors (Lipinski definition) is 2. The molecule has 3 nitrogen and oxygen atoms in total. The fourth-order valence-corrected chi connectivity index (χ4v) is 5.74. The normalized spacial score (nSPS) is 32.6. The summed E-state index contributed by atoms with van der Waals surface area (Å²) in [5.74, 6) is 3.41. The minimum Gasteiger partial charge on any atom is -0.349 e. The molecule has 1 amide bonds. The molecule has 4 bridgehead atoms. The summed E-state index contributed by atoms with van der Waals surface area (Å²) < 4.78 is 0. The third kappa shape index (κ3) is 2.76. The van der Waals surface area contributed by atoms with Crippen molar-refractivity contribution < 1.29 is 4.79 Å². The highest BCUT2D eigenvalue weighted by Crippen LogP contribution is 2.53. The maximum Gasteiger partial charge on any atom is 0.251 e. The molecule has 1 aromatic carbocycles. The molecule has 6 rings (SSSR count). The van der Waals surface area contributed by atoms with Gasteiger partial charge in [-0.05, 0) is 85.1 Å². The van der Waals surface area contributed by atoms with E-state index in [1.54, 1.807) is 6.20 Å². The smallest absolute Gasteiger partial charge is 0.251 e. The van der Waals surface area contributed by atoms with Gasteiger partial charge in [-0.25, -0.2) is 0 Å². The predicted octanol–water partition coefficient (Wildman–Crippen LogP) is 4.30. The van der Waals surface area contributed by atoms with Crippen molar-refractivity contribution in [2.45, 2.75) is 38.1 Å². The molecule has 3 heteroatoms. The Morgan fingerprint density at radius 2 is 1.56 bits per heavy atom. The Morgan fingerprint density at radius 3 is 2.16 bits per heavy atom. The van der Waals surface area contributed by atoms with Crippen molar-refractivity contribution >= 4 is 5.91 Å². The number of aromatic nitrogens is 1. The molecule has 4 fully saturated rings. The van der Waals surface area contributed by atoms with Crippen molar-refractivity contribution in [3.8, 4) is 11.1 Å². The van der Waals surface area contributed by atoms with Gasteiger partial charge < -0.3 is 5.32 Å². The van der Waals surface area contributed by atoms with Gasteiger partial charge in [0.25, 0.3) is 5.91 Å². The standard InChI is InChI=1S/C22H24N2O/c25-22(17-5-3-16(4-6-17)18-2-1-7-23-13-18)24-21-19-9-14-8-15(11-19)12-20(21)10-14/h1-7,13-15,19-21H,8-12H2,(H,24,25)/t14-,15+,19-,20+,21?. The van der Waals surface area contributed by atoms with Gasteiger partial charge in [0.05, 0.1) is 0 Å². The molecule has 0 aliphatic heterocycles. The van der Waals surface area contributed by atoms with Crippen molar-refractivity contribution in [2.24, 2.45) is 23.7 Å². The van der Waals surface area contributed by atoms with Gasteiger partial charge in [-0.15, -0.1) is 0 Å². The van der Waals surface area contributed by atoms with E-state index in [2.05, 4.69) is 10.3 Å². The minimum absolute atomic E-state index is 0.0928. The highest BCUT2D eigenvalue weighted by Gasteiger charge is 2.48. The van der Waals surface area contributed by atoms with Crippen LogP contribution in [0, 0.1) is 23.7 Å². The Kier molecular flexibility index (Phi) is 3.61. The molecule has 128 valence electrons. The lowest BCUT2D eigenvalue weighted by atomic mass is 9.54. The second-order valence-electron chi connectivity index (χ2n) is 8.25. The predicted molar refractivity (Wildman–Crippen MR) is 98.0 cm³/mol. The maximum atomic E-state index is 12.8. The van der Waals surface area contributed by atoms with Gasteiger partial charge in [-0.2, -0.15) is 0 Å². The number of rotatable bonds is 3.